The number of rotatable bonds is 5. The first-order chi connectivity index (χ1) is 9.19. The summed E-state index contributed by atoms with van der Waals surface area (Å²) in [4.78, 5) is 0. The van der Waals surface area contributed by atoms with Gasteiger partial charge in [-0.1, -0.05) is 19.9 Å². The summed E-state index contributed by atoms with van der Waals surface area (Å²) in [5.74, 6) is 0.974. The van der Waals surface area contributed by atoms with Gasteiger partial charge in [-0.15, -0.1) is 0 Å². The molecule has 1 aliphatic rings. The molecule has 1 aromatic carbocycles. The van der Waals surface area contributed by atoms with Crippen molar-refractivity contribution in [1.82, 2.24) is 5.32 Å². The monoisotopic (exact) mass is 279 g/mol. The lowest BCUT2D eigenvalue weighted by atomic mass is 9.87. The van der Waals surface area contributed by atoms with Crippen LogP contribution in [-0.2, 0) is 6.42 Å². The number of ether oxygens (including phenoxy) is 1. The number of hydrogen-bond acceptors (Lipinski definition) is 3. The zero-order valence-electron chi connectivity index (χ0n) is 12.4. The van der Waals surface area contributed by atoms with Gasteiger partial charge in [-0.3, -0.25) is 0 Å². The van der Waals surface area contributed by atoms with Crippen LogP contribution in [-0.4, -0.2) is 24.7 Å². The predicted molar refractivity (Wildman–Crippen MR) is 84.2 cm³/mol. The van der Waals surface area contributed by atoms with Crippen molar-refractivity contribution in [2.24, 2.45) is 0 Å². The Morgan fingerprint density at radius 3 is 2.89 bits per heavy atom. The molecule has 0 heterocycles. The molecule has 0 bridgehead atoms. The molecule has 0 aromatic heterocycles. The quantitative estimate of drug-likeness (QED) is 0.886. The second kappa shape index (κ2) is 6.67. The molecule has 0 spiro atoms. The van der Waals surface area contributed by atoms with Gasteiger partial charge in [0.1, 0.15) is 5.75 Å². The molecule has 0 saturated carbocycles. The van der Waals surface area contributed by atoms with Crippen molar-refractivity contribution in [3.05, 3.63) is 29.3 Å². The van der Waals surface area contributed by atoms with Gasteiger partial charge in [0.05, 0.1) is 7.11 Å². The molecule has 3 unspecified atom stereocenters. The van der Waals surface area contributed by atoms with Gasteiger partial charge in [0, 0.05) is 16.5 Å². The Labute approximate surface area is 121 Å². The number of thioether (sulfide) groups is 1. The minimum absolute atomic E-state index is 0.466. The molecule has 3 atom stereocenters. The fraction of sp³-hybridized carbons (Fsp3) is 0.625. The summed E-state index contributed by atoms with van der Waals surface area (Å²) in [5, 5.41) is 4.93. The van der Waals surface area contributed by atoms with Crippen LogP contribution in [0.25, 0.3) is 0 Å². The van der Waals surface area contributed by atoms with Gasteiger partial charge in [0.25, 0.3) is 0 Å². The van der Waals surface area contributed by atoms with Gasteiger partial charge in [0.2, 0.25) is 0 Å². The number of fused-ring (bicyclic) bond motifs is 1. The fourth-order valence-corrected chi connectivity index (χ4v) is 4.26. The first-order valence-corrected chi connectivity index (χ1v) is 8.13. The number of methoxy groups -OCH3 is 1. The van der Waals surface area contributed by atoms with Gasteiger partial charge in [-0.05, 0) is 49.6 Å². The third-order valence-corrected chi connectivity index (χ3v) is 5.70. The SMILES string of the molecule is CCC(C)SC1CCc2cc(OC)ccc2C1NC. The minimum atomic E-state index is 0.466. The Bertz CT molecular complexity index is 421. The molecule has 0 saturated heterocycles. The van der Waals surface area contributed by atoms with E-state index in [2.05, 4.69) is 56.2 Å². The Balaban J connectivity index is 2.21. The van der Waals surface area contributed by atoms with Crippen LogP contribution < -0.4 is 10.1 Å². The van der Waals surface area contributed by atoms with Crippen molar-refractivity contribution in [1.29, 1.82) is 0 Å². The largest absolute Gasteiger partial charge is 0.497 e. The standard InChI is InChI=1S/C16H25NOS/c1-5-11(2)19-15-9-6-12-10-13(18-4)7-8-14(12)16(15)17-3/h7-8,10-11,15-17H,5-6,9H2,1-4H3. The molecule has 0 amide bonds. The van der Waals surface area contributed by atoms with E-state index >= 15 is 0 Å². The van der Waals surface area contributed by atoms with Gasteiger partial charge < -0.3 is 10.1 Å². The molecular formula is C16H25NOS. The summed E-state index contributed by atoms with van der Waals surface area (Å²) >= 11 is 2.13. The molecule has 1 aromatic rings. The van der Waals surface area contributed by atoms with E-state index in [0.717, 1.165) is 11.0 Å². The van der Waals surface area contributed by atoms with Gasteiger partial charge in [-0.2, -0.15) is 11.8 Å². The number of aryl methyl sites for hydroxylation is 1. The number of benzene rings is 1. The Kier molecular flexibility index (Phi) is 5.17. The average molecular weight is 279 g/mol. The summed E-state index contributed by atoms with van der Waals surface area (Å²) < 4.78 is 5.33. The molecule has 0 radical (unpaired) electrons. The highest BCUT2D eigenvalue weighted by Gasteiger charge is 2.29. The lowest BCUT2D eigenvalue weighted by Gasteiger charge is -2.34. The van der Waals surface area contributed by atoms with E-state index in [1.165, 1.54) is 30.4 Å². The van der Waals surface area contributed by atoms with Crippen molar-refractivity contribution >= 4 is 11.8 Å². The smallest absolute Gasteiger partial charge is 0.119 e. The predicted octanol–water partition coefficient (Wildman–Crippen LogP) is 3.80. The maximum atomic E-state index is 5.33. The summed E-state index contributed by atoms with van der Waals surface area (Å²) in [5.41, 5.74) is 2.90. The van der Waals surface area contributed by atoms with E-state index in [9.17, 15) is 0 Å². The molecule has 2 nitrogen and oxygen atoms in total. The van der Waals surface area contributed by atoms with Crippen molar-refractivity contribution in [2.75, 3.05) is 14.2 Å². The number of hydrogen-bond donors (Lipinski definition) is 1. The first-order valence-electron chi connectivity index (χ1n) is 7.19. The Hall–Kier alpha value is -0.670. The molecule has 3 heteroatoms. The third-order valence-electron chi connectivity index (χ3n) is 4.05. The Morgan fingerprint density at radius 2 is 2.26 bits per heavy atom. The first kappa shape index (κ1) is 14.7. The van der Waals surface area contributed by atoms with E-state index in [-0.39, 0.29) is 0 Å². The average Bonchev–Trinajstić information content (AvgIpc) is 2.46. The van der Waals surface area contributed by atoms with Crippen molar-refractivity contribution in [3.63, 3.8) is 0 Å². The molecule has 0 fully saturated rings. The van der Waals surface area contributed by atoms with E-state index in [0.29, 0.717) is 11.3 Å². The molecule has 1 N–H and O–H groups in total. The zero-order valence-corrected chi connectivity index (χ0v) is 13.2. The van der Waals surface area contributed by atoms with Crippen LogP contribution in [0.2, 0.25) is 0 Å². The van der Waals surface area contributed by atoms with Crippen LogP contribution in [0.15, 0.2) is 18.2 Å². The molecule has 106 valence electrons. The lowest BCUT2D eigenvalue weighted by molar-refractivity contribution is 0.412. The maximum Gasteiger partial charge on any atom is 0.119 e. The highest BCUT2D eigenvalue weighted by molar-refractivity contribution is 8.00. The van der Waals surface area contributed by atoms with E-state index < -0.39 is 0 Å². The highest BCUT2D eigenvalue weighted by atomic mass is 32.2. The fourth-order valence-electron chi connectivity index (χ4n) is 2.78. The summed E-state index contributed by atoms with van der Waals surface area (Å²) in [6, 6.07) is 6.98. The van der Waals surface area contributed by atoms with E-state index in [1.807, 2.05) is 0 Å². The van der Waals surface area contributed by atoms with Crippen LogP contribution in [0, 0.1) is 0 Å². The second-order valence-electron chi connectivity index (χ2n) is 5.26. The molecule has 2 rings (SSSR count). The van der Waals surface area contributed by atoms with Crippen LogP contribution in [0.1, 0.15) is 43.9 Å². The van der Waals surface area contributed by atoms with Crippen molar-refractivity contribution in [3.8, 4) is 5.75 Å². The van der Waals surface area contributed by atoms with Crippen LogP contribution in [0.3, 0.4) is 0 Å². The summed E-state index contributed by atoms with van der Waals surface area (Å²) in [6.45, 7) is 4.61. The number of nitrogens with one attached hydrogen (secondary N) is 1. The van der Waals surface area contributed by atoms with Crippen molar-refractivity contribution in [2.45, 2.75) is 49.7 Å². The lowest BCUT2D eigenvalue weighted by Crippen LogP contribution is -2.33. The topological polar surface area (TPSA) is 21.3 Å². The highest BCUT2D eigenvalue weighted by Crippen LogP contribution is 2.40. The van der Waals surface area contributed by atoms with Crippen LogP contribution in [0.4, 0.5) is 0 Å². The van der Waals surface area contributed by atoms with Gasteiger partial charge in [-0.25, -0.2) is 0 Å². The summed E-state index contributed by atoms with van der Waals surface area (Å²) in [7, 11) is 3.82. The zero-order chi connectivity index (χ0) is 13.8. The molecular weight excluding hydrogens is 254 g/mol. The molecule has 19 heavy (non-hydrogen) atoms. The van der Waals surface area contributed by atoms with Crippen LogP contribution in [0.5, 0.6) is 5.75 Å². The Morgan fingerprint density at radius 1 is 1.47 bits per heavy atom. The normalized spacial score (nSPS) is 23.8. The molecule has 0 aliphatic heterocycles. The van der Waals surface area contributed by atoms with E-state index in [1.54, 1.807) is 7.11 Å². The maximum absolute atomic E-state index is 5.33. The van der Waals surface area contributed by atoms with E-state index in [4.69, 9.17) is 4.74 Å². The van der Waals surface area contributed by atoms with Crippen molar-refractivity contribution < 1.29 is 4.74 Å². The van der Waals surface area contributed by atoms with Gasteiger partial charge in [0.15, 0.2) is 0 Å². The van der Waals surface area contributed by atoms with Crippen LogP contribution >= 0.6 is 11.8 Å². The second-order valence-corrected chi connectivity index (χ2v) is 6.95. The molecule has 1 aliphatic carbocycles. The minimum Gasteiger partial charge on any atom is -0.497 e. The summed E-state index contributed by atoms with van der Waals surface area (Å²) in [6.07, 6.45) is 3.66. The van der Waals surface area contributed by atoms with Gasteiger partial charge >= 0.3 is 0 Å². The third kappa shape index (κ3) is 3.26.